The van der Waals surface area contributed by atoms with Crippen molar-refractivity contribution in [2.45, 2.75) is 12.8 Å². The van der Waals surface area contributed by atoms with Crippen LogP contribution < -0.4 is 5.32 Å². The first-order valence-corrected chi connectivity index (χ1v) is 4.79. The summed E-state index contributed by atoms with van der Waals surface area (Å²) >= 11 is 0. The number of carbonyl (C=O) groups is 1. The van der Waals surface area contributed by atoms with E-state index in [9.17, 15) is 4.79 Å². The molecule has 0 fully saturated rings. The number of nitrogens with one attached hydrogen (secondary N) is 1. The number of aromatic nitrogens is 1. The summed E-state index contributed by atoms with van der Waals surface area (Å²) in [6.07, 6.45) is 2.39. The van der Waals surface area contributed by atoms with E-state index in [0.717, 1.165) is 0 Å². The van der Waals surface area contributed by atoms with Gasteiger partial charge in [0.05, 0.1) is 11.6 Å². The number of unbranched alkanes of at least 4 members (excludes halogenated alkanes) is 1. The normalized spacial score (nSPS) is 8.88. The van der Waals surface area contributed by atoms with Crippen LogP contribution in [0.15, 0.2) is 18.3 Å². The van der Waals surface area contributed by atoms with E-state index in [1.165, 1.54) is 18.3 Å². The van der Waals surface area contributed by atoms with Gasteiger partial charge in [-0.1, -0.05) is 0 Å². The lowest BCUT2D eigenvalue weighted by Gasteiger charge is -2.02. The minimum Gasteiger partial charge on any atom is -0.351 e. The quantitative estimate of drug-likeness (QED) is 0.756. The number of hydrogen-bond acceptors (Lipinski definition) is 4. The average Bonchev–Trinajstić information content (AvgIpc) is 2.34. The lowest BCUT2D eigenvalue weighted by atomic mass is 10.2. The van der Waals surface area contributed by atoms with Crippen molar-refractivity contribution in [3.05, 3.63) is 29.6 Å². The molecule has 16 heavy (non-hydrogen) atoms. The second kappa shape index (κ2) is 6.15. The number of rotatable bonds is 4. The molecule has 1 amide bonds. The monoisotopic (exact) mass is 214 g/mol. The number of carbonyl (C=O) groups excluding carboxylic acids is 1. The highest BCUT2D eigenvalue weighted by molar-refractivity contribution is 5.92. The summed E-state index contributed by atoms with van der Waals surface area (Å²) in [6, 6.07) is 6.95. The number of pyridine rings is 1. The molecule has 0 saturated carbocycles. The molecular formula is C11H10N4O. The Morgan fingerprint density at radius 3 is 2.81 bits per heavy atom. The standard InChI is InChI=1S/C11H10N4O/c12-5-1-2-6-14-11(16)10-4-3-9(7-13)8-15-10/h3-4,8H,1-2,6H2,(H,14,16). The molecule has 1 aromatic heterocycles. The highest BCUT2D eigenvalue weighted by Crippen LogP contribution is 1.98. The third-order valence-electron chi connectivity index (χ3n) is 1.88. The van der Waals surface area contributed by atoms with Crippen molar-refractivity contribution < 1.29 is 4.79 Å². The number of hydrogen-bond donors (Lipinski definition) is 1. The zero-order valence-electron chi connectivity index (χ0n) is 8.60. The molecule has 0 radical (unpaired) electrons. The van der Waals surface area contributed by atoms with Crippen molar-refractivity contribution in [3.63, 3.8) is 0 Å². The van der Waals surface area contributed by atoms with E-state index in [1.54, 1.807) is 0 Å². The topological polar surface area (TPSA) is 89.6 Å². The van der Waals surface area contributed by atoms with Crippen molar-refractivity contribution in [2.75, 3.05) is 6.54 Å². The van der Waals surface area contributed by atoms with Crippen LogP contribution in [0.5, 0.6) is 0 Å². The summed E-state index contributed by atoms with van der Waals surface area (Å²) in [5, 5.41) is 19.5. The van der Waals surface area contributed by atoms with Crippen molar-refractivity contribution in [2.24, 2.45) is 0 Å². The molecule has 0 bridgehead atoms. The summed E-state index contributed by atoms with van der Waals surface area (Å²) in [7, 11) is 0. The molecular weight excluding hydrogens is 204 g/mol. The first kappa shape index (κ1) is 11.7. The van der Waals surface area contributed by atoms with Crippen LogP contribution in [-0.2, 0) is 0 Å². The molecule has 0 aliphatic heterocycles. The highest BCUT2D eigenvalue weighted by atomic mass is 16.1. The van der Waals surface area contributed by atoms with E-state index in [1.807, 2.05) is 12.1 Å². The average molecular weight is 214 g/mol. The highest BCUT2D eigenvalue weighted by Gasteiger charge is 2.05. The molecule has 1 N–H and O–H groups in total. The van der Waals surface area contributed by atoms with Gasteiger partial charge in [0.1, 0.15) is 11.8 Å². The zero-order chi connectivity index (χ0) is 11.8. The molecule has 5 heteroatoms. The molecule has 1 heterocycles. The zero-order valence-corrected chi connectivity index (χ0v) is 8.60. The fourth-order valence-corrected chi connectivity index (χ4v) is 1.05. The van der Waals surface area contributed by atoms with Crippen molar-refractivity contribution in [1.82, 2.24) is 10.3 Å². The van der Waals surface area contributed by atoms with Crippen LogP contribution in [0.4, 0.5) is 0 Å². The Morgan fingerprint density at radius 1 is 1.44 bits per heavy atom. The maximum Gasteiger partial charge on any atom is 0.269 e. The van der Waals surface area contributed by atoms with Gasteiger partial charge in [-0.15, -0.1) is 0 Å². The van der Waals surface area contributed by atoms with Gasteiger partial charge in [-0.2, -0.15) is 10.5 Å². The second-order valence-electron chi connectivity index (χ2n) is 3.06. The van der Waals surface area contributed by atoms with Crippen molar-refractivity contribution in [3.8, 4) is 12.1 Å². The fraction of sp³-hybridized carbons (Fsp3) is 0.273. The summed E-state index contributed by atoms with van der Waals surface area (Å²) < 4.78 is 0. The van der Waals surface area contributed by atoms with Crippen LogP contribution in [0.1, 0.15) is 28.9 Å². The number of nitrogens with zero attached hydrogens (tertiary/aromatic N) is 3. The molecule has 0 spiro atoms. The lowest BCUT2D eigenvalue weighted by molar-refractivity contribution is 0.0948. The molecule has 5 nitrogen and oxygen atoms in total. The van der Waals surface area contributed by atoms with Gasteiger partial charge < -0.3 is 5.32 Å². The predicted octanol–water partition coefficient (Wildman–Crippen LogP) is 0.987. The third-order valence-corrected chi connectivity index (χ3v) is 1.88. The molecule has 0 saturated heterocycles. The van der Waals surface area contributed by atoms with Gasteiger partial charge >= 0.3 is 0 Å². The lowest BCUT2D eigenvalue weighted by Crippen LogP contribution is -2.25. The van der Waals surface area contributed by atoms with Crippen LogP contribution in [0.3, 0.4) is 0 Å². The van der Waals surface area contributed by atoms with E-state index >= 15 is 0 Å². The number of nitriles is 2. The third kappa shape index (κ3) is 3.39. The van der Waals surface area contributed by atoms with Gasteiger partial charge in [0.25, 0.3) is 5.91 Å². The molecule has 0 unspecified atom stereocenters. The van der Waals surface area contributed by atoms with Gasteiger partial charge in [0.2, 0.25) is 0 Å². The molecule has 80 valence electrons. The summed E-state index contributed by atoms with van der Waals surface area (Å²) in [5.74, 6) is -0.289. The Labute approximate surface area is 93.3 Å². The van der Waals surface area contributed by atoms with Crippen LogP contribution >= 0.6 is 0 Å². The van der Waals surface area contributed by atoms with Crippen LogP contribution in [0, 0.1) is 22.7 Å². The minimum absolute atomic E-state index is 0.274. The summed E-state index contributed by atoms with van der Waals surface area (Å²) in [5.41, 5.74) is 0.692. The van der Waals surface area contributed by atoms with Crippen LogP contribution in [0.25, 0.3) is 0 Å². The van der Waals surface area contributed by atoms with E-state index in [0.29, 0.717) is 24.9 Å². The van der Waals surface area contributed by atoms with Gasteiger partial charge in [0, 0.05) is 19.2 Å². The summed E-state index contributed by atoms with van der Waals surface area (Å²) in [4.78, 5) is 15.3. The van der Waals surface area contributed by atoms with E-state index < -0.39 is 0 Å². The Morgan fingerprint density at radius 2 is 2.25 bits per heavy atom. The molecule has 0 aromatic carbocycles. The maximum atomic E-state index is 11.5. The van der Waals surface area contributed by atoms with E-state index in [-0.39, 0.29) is 11.6 Å². The molecule has 1 rings (SSSR count). The molecule has 0 aliphatic rings. The van der Waals surface area contributed by atoms with Gasteiger partial charge in [0.15, 0.2) is 0 Å². The second-order valence-corrected chi connectivity index (χ2v) is 3.06. The first-order chi connectivity index (χ1) is 7.77. The Kier molecular flexibility index (Phi) is 4.49. The molecule has 0 aliphatic carbocycles. The minimum atomic E-state index is -0.289. The molecule has 0 atom stereocenters. The SMILES string of the molecule is N#CCCCNC(=O)c1ccc(C#N)cn1. The van der Waals surface area contributed by atoms with Crippen molar-refractivity contribution in [1.29, 1.82) is 10.5 Å². The van der Waals surface area contributed by atoms with Gasteiger partial charge in [-0.3, -0.25) is 4.79 Å². The first-order valence-electron chi connectivity index (χ1n) is 4.79. The van der Waals surface area contributed by atoms with Crippen LogP contribution in [0.2, 0.25) is 0 Å². The Hall–Kier alpha value is -2.40. The van der Waals surface area contributed by atoms with E-state index in [4.69, 9.17) is 10.5 Å². The number of amides is 1. The van der Waals surface area contributed by atoms with Gasteiger partial charge in [-0.25, -0.2) is 4.98 Å². The summed E-state index contributed by atoms with van der Waals surface area (Å²) in [6.45, 7) is 0.452. The smallest absolute Gasteiger partial charge is 0.269 e. The molecule has 1 aromatic rings. The fourth-order valence-electron chi connectivity index (χ4n) is 1.05. The predicted molar refractivity (Wildman–Crippen MR) is 56.1 cm³/mol. The van der Waals surface area contributed by atoms with Crippen molar-refractivity contribution >= 4 is 5.91 Å². The Balaban J connectivity index is 2.48. The van der Waals surface area contributed by atoms with Crippen LogP contribution in [-0.4, -0.2) is 17.4 Å². The maximum absolute atomic E-state index is 11.5. The van der Waals surface area contributed by atoms with E-state index in [2.05, 4.69) is 10.3 Å². The largest absolute Gasteiger partial charge is 0.351 e. The Bertz CT molecular complexity index is 439. The van der Waals surface area contributed by atoms with Gasteiger partial charge in [-0.05, 0) is 18.6 Å².